The van der Waals surface area contributed by atoms with Gasteiger partial charge in [0.25, 0.3) is 5.91 Å². The van der Waals surface area contributed by atoms with E-state index in [1.54, 1.807) is 0 Å². The van der Waals surface area contributed by atoms with Crippen LogP contribution in [0.5, 0.6) is 5.75 Å². The number of aromatic carboxylic acids is 1. The minimum atomic E-state index is -1.37. The first-order valence-electron chi connectivity index (χ1n) is 8.27. The van der Waals surface area contributed by atoms with E-state index in [2.05, 4.69) is 15.0 Å². The maximum Gasteiger partial charge on any atom is 0.337 e. The average Bonchev–Trinajstić information content (AvgIpc) is 3.07. The number of anilines is 1. The zero-order valence-electron chi connectivity index (χ0n) is 15.2. The number of carbonyl (C=O) groups excluding carboxylic acids is 1. The third kappa shape index (κ3) is 3.94. The summed E-state index contributed by atoms with van der Waals surface area (Å²) in [5.41, 5.74) is -0.0413. The quantitative estimate of drug-likeness (QED) is 0.598. The minimum absolute atomic E-state index is 0.0750. The number of halogens is 4. The van der Waals surface area contributed by atoms with Gasteiger partial charge in [-0.15, -0.1) is 0 Å². The highest BCUT2D eigenvalue weighted by molar-refractivity contribution is 6.33. The third-order valence-corrected chi connectivity index (χ3v) is 4.49. The van der Waals surface area contributed by atoms with Gasteiger partial charge in [-0.05, 0) is 30.3 Å². The molecule has 0 saturated carbocycles. The van der Waals surface area contributed by atoms with Crippen molar-refractivity contribution in [3.63, 3.8) is 0 Å². The van der Waals surface area contributed by atoms with Gasteiger partial charge in [0, 0.05) is 18.3 Å². The predicted octanol–water partition coefficient (Wildman–Crippen LogP) is 4.28. The molecule has 0 bridgehead atoms. The Morgan fingerprint density at radius 2 is 1.97 bits per heavy atom. The highest BCUT2D eigenvalue weighted by Gasteiger charge is 2.22. The van der Waals surface area contributed by atoms with Crippen LogP contribution >= 0.6 is 11.6 Å². The normalized spacial score (nSPS) is 10.7. The number of benzene rings is 2. The molecule has 0 aliphatic carbocycles. The summed E-state index contributed by atoms with van der Waals surface area (Å²) in [4.78, 5) is 27.4. The van der Waals surface area contributed by atoms with Crippen LogP contribution in [-0.4, -0.2) is 33.4 Å². The van der Waals surface area contributed by atoms with Crippen LogP contribution < -0.4 is 10.1 Å². The molecule has 0 atom stereocenters. The first-order valence-corrected chi connectivity index (χ1v) is 8.65. The maximum atomic E-state index is 14.4. The molecule has 0 aliphatic rings. The highest BCUT2D eigenvalue weighted by Crippen LogP contribution is 2.30. The van der Waals surface area contributed by atoms with Gasteiger partial charge in [0.15, 0.2) is 17.4 Å². The number of carboxylic acid groups (broad SMARTS) is 1. The first-order chi connectivity index (χ1) is 14.2. The average molecular weight is 440 g/mol. The van der Waals surface area contributed by atoms with Gasteiger partial charge in [-0.3, -0.25) is 4.79 Å². The van der Waals surface area contributed by atoms with Gasteiger partial charge in [0.05, 0.1) is 22.5 Å². The van der Waals surface area contributed by atoms with Gasteiger partial charge in [0.1, 0.15) is 0 Å². The molecule has 156 valence electrons. The number of aromatic nitrogens is 2. The zero-order chi connectivity index (χ0) is 22.0. The molecule has 0 fully saturated rings. The SMILES string of the molecule is Cn1c(-c2ccc(OCF)c(F)c2F)cnc1C(=O)Nc1ccc(C(=O)O)c(Cl)c1. The Morgan fingerprint density at radius 3 is 2.60 bits per heavy atom. The summed E-state index contributed by atoms with van der Waals surface area (Å²) >= 11 is 5.87. The summed E-state index contributed by atoms with van der Waals surface area (Å²) in [6, 6.07) is 6.06. The molecule has 0 aliphatic heterocycles. The number of ether oxygens (including phenoxy) is 1. The molecule has 0 radical (unpaired) electrons. The molecule has 2 N–H and O–H groups in total. The van der Waals surface area contributed by atoms with Crippen LogP contribution in [0.25, 0.3) is 11.3 Å². The number of nitrogens with zero attached hydrogens (tertiary/aromatic N) is 2. The standard InChI is InChI=1S/C19H13ClF3N3O4/c1-26-13(11-4-5-14(30-8-21)16(23)15(11)22)7-24-17(26)18(27)25-9-2-3-10(19(28)29)12(20)6-9/h2-7H,8H2,1H3,(H,25,27)(H,28,29). The summed E-state index contributed by atoms with van der Waals surface area (Å²) in [6.45, 7) is -1.32. The molecule has 3 aromatic rings. The lowest BCUT2D eigenvalue weighted by Gasteiger charge is -2.10. The van der Waals surface area contributed by atoms with E-state index in [-0.39, 0.29) is 33.4 Å². The molecule has 1 amide bonds. The van der Waals surface area contributed by atoms with Crippen molar-refractivity contribution in [2.24, 2.45) is 7.05 Å². The number of amides is 1. The number of rotatable bonds is 6. The van der Waals surface area contributed by atoms with Crippen LogP contribution in [0.4, 0.5) is 18.9 Å². The second kappa shape index (κ2) is 8.46. The summed E-state index contributed by atoms with van der Waals surface area (Å²) in [5, 5.41) is 11.4. The van der Waals surface area contributed by atoms with Gasteiger partial charge in [0.2, 0.25) is 12.7 Å². The summed E-state index contributed by atoms with van der Waals surface area (Å²) in [6.07, 6.45) is 1.17. The van der Waals surface area contributed by atoms with E-state index in [0.29, 0.717) is 0 Å². The lowest BCUT2D eigenvalue weighted by molar-refractivity contribution is 0.0697. The van der Waals surface area contributed by atoms with Gasteiger partial charge in [-0.1, -0.05) is 11.6 Å². The van der Waals surface area contributed by atoms with Crippen LogP contribution in [0.2, 0.25) is 5.02 Å². The molecule has 2 aromatic carbocycles. The molecule has 0 spiro atoms. The number of alkyl halides is 1. The molecule has 0 unspecified atom stereocenters. The van der Waals surface area contributed by atoms with E-state index < -0.39 is 36.1 Å². The van der Waals surface area contributed by atoms with E-state index >= 15 is 0 Å². The van der Waals surface area contributed by atoms with Crippen molar-refractivity contribution >= 4 is 29.2 Å². The van der Waals surface area contributed by atoms with E-state index in [1.165, 1.54) is 42.1 Å². The molecule has 7 nitrogen and oxygen atoms in total. The van der Waals surface area contributed by atoms with Crippen LogP contribution in [0.1, 0.15) is 21.0 Å². The molecule has 0 saturated heterocycles. The zero-order valence-corrected chi connectivity index (χ0v) is 16.0. The molecule has 30 heavy (non-hydrogen) atoms. The molecule has 11 heteroatoms. The fraction of sp³-hybridized carbons (Fsp3) is 0.105. The van der Waals surface area contributed by atoms with Crippen molar-refractivity contribution in [3.05, 3.63) is 64.6 Å². The molecular formula is C19H13ClF3N3O4. The van der Waals surface area contributed by atoms with Crippen LogP contribution in [0.15, 0.2) is 36.5 Å². The lowest BCUT2D eigenvalue weighted by Crippen LogP contribution is -2.17. The molecule has 1 heterocycles. The van der Waals surface area contributed by atoms with Crippen molar-refractivity contribution in [3.8, 4) is 17.0 Å². The van der Waals surface area contributed by atoms with Gasteiger partial charge < -0.3 is 19.7 Å². The monoisotopic (exact) mass is 439 g/mol. The highest BCUT2D eigenvalue weighted by atomic mass is 35.5. The summed E-state index contributed by atoms with van der Waals surface area (Å²) in [7, 11) is 1.42. The van der Waals surface area contributed by atoms with E-state index in [1.807, 2.05) is 0 Å². The van der Waals surface area contributed by atoms with Crippen molar-refractivity contribution < 1.29 is 32.6 Å². The Kier molecular flexibility index (Phi) is 5.97. The first kappa shape index (κ1) is 21.2. The van der Waals surface area contributed by atoms with Gasteiger partial charge in [-0.2, -0.15) is 4.39 Å². The smallest absolute Gasteiger partial charge is 0.337 e. The molecular weight excluding hydrogens is 427 g/mol. The van der Waals surface area contributed by atoms with Crippen molar-refractivity contribution in [1.29, 1.82) is 0 Å². The maximum absolute atomic E-state index is 14.4. The lowest BCUT2D eigenvalue weighted by atomic mass is 10.1. The van der Waals surface area contributed by atoms with Gasteiger partial charge in [-0.25, -0.2) is 18.6 Å². The summed E-state index contributed by atoms with van der Waals surface area (Å²) in [5.74, 6) is -5.28. The number of nitrogens with one attached hydrogen (secondary N) is 1. The number of hydrogen-bond acceptors (Lipinski definition) is 4. The number of carboxylic acids is 1. The van der Waals surface area contributed by atoms with Gasteiger partial charge >= 0.3 is 5.97 Å². The van der Waals surface area contributed by atoms with Crippen LogP contribution in [0, 0.1) is 11.6 Å². The Bertz CT molecular complexity index is 1150. The molecule has 1 aromatic heterocycles. The second-order valence-corrected chi connectivity index (χ2v) is 6.38. The fourth-order valence-corrected chi connectivity index (χ4v) is 2.99. The van der Waals surface area contributed by atoms with Crippen molar-refractivity contribution in [2.45, 2.75) is 0 Å². The van der Waals surface area contributed by atoms with Crippen molar-refractivity contribution in [1.82, 2.24) is 9.55 Å². The number of imidazole rings is 1. The van der Waals surface area contributed by atoms with Crippen LogP contribution in [-0.2, 0) is 7.05 Å². The summed E-state index contributed by atoms with van der Waals surface area (Å²) < 4.78 is 46.2. The Labute approximate surface area is 172 Å². The Morgan fingerprint density at radius 1 is 1.23 bits per heavy atom. The predicted molar refractivity (Wildman–Crippen MR) is 102 cm³/mol. The number of hydrogen-bond donors (Lipinski definition) is 2. The number of carbonyl (C=O) groups is 2. The fourth-order valence-electron chi connectivity index (χ4n) is 2.72. The van der Waals surface area contributed by atoms with Crippen LogP contribution in [0.3, 0.4) is 0 Å². The topological polar surface area (TPSA) is 93.5 Å². The minimum Gasteiger partial charge on any atom is -0.478 e. The van der Waals surface area contributed by atoms with E-state index in [9.17, 15) is 22.8 Å². The van der Waals surface area contributed by atoms with E-state index in [0.717, 1.165) is 6.07 Å². The Hall–Kier alpha value is -3.53. The second-order valence-electron chi connectivity index (χ2n) is 5.97. The Balaban J connectivity index is 1.88. The molecule has 3 rings (SSSR count). The van der Waals surface area contributed by atoms with E-state index in [4.69, 9.17) is 16.7 Å². The largest absolute Gasteiger partial charge is 0.478 e. The van der Waals surface area contributed by atoms with Crippen molar-refractivity contribution in [2.75, 3.05) is 12.2 Å². The third-order valence-electron chi connectivity index (χ3n) is 4.18.